The molecule has 0 atom stereocenters. The molecule has 136 valence electrons. The normalized spacial score (nSPS) is 10.1. The predicted octanol–water partition coefficient (Wildman–Crippen LogP) is 2.03. The second kappa shape index (κ2) is 7.97. The van der Waals surface area contributed by atoms with Crippen LogP contribution in [-0.4, -0.2) is 30.5 Å². The lowest BCUT2D eigenvalue weighted by Gasteiger charge is -2.12. The maximum Gasteiger partial charge on any atom is 0.272 e. The van der Waals surface area contributed by atoms with Crippen molar-refractivity contribution in [2.24, 2.45) is 5.73 Å². The van der Waals surface area contributed by atoms with Gasteiger partial charge in [-0.2, -0.15) is 0 Å². The number of ether oxygens (including phenoxy) is 2. The van der Waals surface area contributed by atoms with Crippen LogP contribution in [-0.2, 0) is 4.79 Å². The number of nitro benzene ring substituents is 1. The van der Waals surface area contributed by atoms with E-state index in [0.717, 1.165) is 0 Å². The molecular weight excluding hydrogens is 342 g/mol. The Morgan fingerprint density at radius 1 is 1.19 bits per heavy atom. The Hall–Kier alpha value is -3.62. The van der Waals surface area contributed by atoms with Crippen molar-refractivity contribution >= 4 is 23.2 Å². The molecule has 0 unspecified atom stereocenters. The lowest BCUT2D eigenvalue weighted by molar-refractivity contribution is -0.385. The number of nitrogens with zero attached hydrogens (tertiary/aromatic N) is 1. The first kappa shape index (κ1) is 18.7. The van der Waals surface area contributed by atoms with Crippen molar-refractivity contribution in [3.8, 4) is 11.5 Å². The molecule has 2 rings (SSSR count). The lowest BCUT2D eigenvalue weighted by Crippen LogP contribution is -2.20. The molecule has 0 aliphatic rings. The minimum Gasteiger partial charge on any atom is -0.493 e. The summed E-state index contributed by atoms with van der Waals surface area (Å²) < 4.78 is 10.4. The average molecular weight is 359 g/mol. The number of nitrogens with one attached hydrogen (secondary N) is 1. The minimum absolute atomic E-state index is 0.0619. The molecule has 9 nitrogen and oxygen atoms in total. The number of aryl methyl sites for hydroxylation is 1. The number of hydrogen-bond acceptors (Lipinski definition) is 6. The highest BCUT2D eigenvalue weighted by Crippen LogP contribution is 2.30. The number of rotatable bonds is 7. The molecule has 26 heavy (non-hydrogen) atoms. The van der Waals surface area contributed by atoms with Gasteiger partial charge in [0.25, 0.3) is 17.5 Å². The van der Waals surface area contributed by atoms with E-state index in [9.17, 15) is 19.7 Å². The third-order valence-electron chi connectivity index (χ3n) is 3.45. The summed E-state index contributed by atoms with van der Waals surface area (Å²) in [4.78, 5) is 33.6. The van der Waals surface area contributed by atoms with Crippen LogP contribution in [0.3, 0.4) is 0 Å². The second-order valence-electron chi connectivity index (χ2n) is 5.33. The molecule has 0 saturated carbocycles. The summed E-state index contributed by atoms with van der Waals surface area (Å²) >= 11 is 0. The van der Waals surface area contributed by atoms with Gasteiger partial charge in [0.15, 0.2) is 18.1 Å². The summed E-state index contributed by atoms with van der Waals surface area (Å²) in [5.74, 6) is -0.490. The van der Waals surface area contributed by atoms with Crippen LogP contribution in [0.25, 0.3) is 0 Å². The third-order valence-corrected chi connectivity index (χ3v) is 3.45. The summed E-state index contributed by atoms with van der Waals surface area (Å²) in [6, 6.07) is 8.71. The van der Waals surface area contributed by atoms with Gasteiger partial charge in [0.05, 0.1) is 12.0 Å². The van der Waals surface area contributed by atoms with Crippen LogP contribution in [0.5, 0.6) is 11.5 Å². The number of nitrogens with two attached hydrogens (primary N) is 1. The molecule has 3 N–H and O–H groups in total. The first-order chi connectivity index (χ1) is 12.3. The zero-order valence-electron chi connectivity index (χ0n) is 14.1. The van der Waals surface area contributed by atoms with Gasteiger partial charge in [-0.3, -0.25) is 19.7 Å². The van der Waals surface area contributed by atoms with Crippen molar-refractivity contribution in [2.75, 3.05) is 19.0 Å². The van der Waals surface area contributed by atoms with Crippen LogP contribution >= 0.6 is 0 Å². The molecule has 0 aliphatic heterocycles. The van der Waals surface area contributed by atoms with Gasteiger partial charge < -0.3 is 20.5 Å². The number of methoxy groups -OCH3 is 1. The van der Waals surface area contributed by atoms with E-state index >= 15 is 0 Å². The topological polar surface area (TPSA) is 134 Å². The average Bonchev–Trinajstić information content (AvgIpc) is 2.59. The number of anilines is 1. The quantitative estimate of drug-likeness (QED) is 0.574. The molecule has 0 aromatic heterocycles. The van der Waals surface area contributed by atoms with Gasteiger partial charge >= 0.3 is 0 Å². The monoisotopic (exact) mass is 359 g/mol. The van der Waals surface area contributed by atoms with E-state index in [0.29, 0.717) is 17.0 Å². The largest absolute Gasteiger partial charge is 0.493 e. The third kappa shape index (κ3) is 4.47. The van der Waals surface area contributed by atoms with Crippen molar-refractivity contribution in [1.29, 1.82) is 0 Å². The van der Waals surface area contributed by atoms with Crippen LogP contribution in [0.2, 0.25) is 0 Å². The van der Waals surface area contributed by atoms with Crippen molar-refractivity contribution in [1.82, 2.24) is 0 Å². The Labute approximate surface area is 148 Å². The molecule has 2 aromatic carbocycles. The van der Waals surface area contributed by atoms with Crippen LogP contribution < -0.4 is 20.5 Å². The number of carbonyl (C=O) groups is 2. The van der Waals surface area contributed by atoms with E-state index in [-0.39, 0.29) is 23.6 Å². The van der Waals surface area contributed by atoms with Gasteiger partial charge in [-0.25, -0.2) is 0 Å². The molecule has 2 amide bonds. The Morgan fingerprint density at radius 3 is 2.50 bits per heavy atom. The molecule has 9 heteroatoms. The van der Waals surface area contributed by atoms with Gasteiger partial charge in [-0.05, 0) is 31.2 Å². The number of carbonyl (C=O) groups excluding carboxylic acids is 2. The molecule has 0 saturated heterocycles. The molecule has 0 aliphatic carbocycles. The Bertz CT molecular complexity index is 866. The first-order valence-electron chi connectivity index (χ1n) is 7.47. The number of hydrogen-bond donors (Lipinski definition) is 2. The molecule has 0 bridgehead atoms. The van der Waals surface area contributed by atoms with E-state index in [1.54, 1.807) is 19.1 Å². The Morgan fingerprint density at radius 2 is 1.92 bits per heavy atom. The van der Waals surface area contributed by atoms with Crippen molar-refractivity contribution in [3.05, 3.63) is 57.6 Å². The lowest BCUT2D eigenvalue weighted by atomic mass is 10.1. The SMILES string of the molecule is COc1ccc(NC(=O)c2ccc([N+](=O)[O-])c(C)c2)cc1OCC(N)=O. The van der Waals surface area contributed by atoms with E-state index in [1.807, 2.05) is 0 Å². The highest BCUT2D eigenvalue weighted by atomic mass is 16.6. The molecule has 2 aromatic rings. The zero-order valence-corrected chi connectivity index (χ0v) is 14.1. The first-order valence-corrected chi connectivity index (χ1v) is 7.47. The standard InChI is InChI=1S/C17H17N3O6/c1-10-7-11(3-5-13(10)20(23)24)17(22)19-12-4-6-14(25-2)15(8-12)26-9-16(18)21/h3-8H,9H2,1-2H3,(H2,18,21)(H,19,22). The predicted molar refractivity (Wildman–Crippen MR) is 93.5 cm³/mol. The fraction of sp³-hybridized carbons (Fsp3) is 0.176. The van der Waals surface area contributed by atoms with Crippen LogP contribution in [0.15, 0.2) is 36.4 Å². The fourth-order valence-corrected chi connectivity index (χ4v) is 2.22. The molecule has 0 heterocycles. The van der Waals surface area contributed by atoms with Crippen molar-refractivity contribution < 1.29 is 24.0 Å². The van der Waals surface area contributed by atoms with E-state index in [1.165, 1.54) is 31.4 Å². The van der Waals surface area contributed by atoms with E-state index < -0.39 is 16.7 Å². The van der Waals surface area contributed by atoms with Gasteiger partial charge in [0.2, 0.25) is 0 Å². The number of primary amides is 1. The molecule has 0 radical (unpaired) electrons. The summed E-state index contributed by atoms with van der Waals surface area (Å²) in [6.07, 6.45) is 0. The fourth-order valence-electron chi connectivity index (χ4n) is 2.22. The molecule has 0 spiro atoms. The van der Waals surface area contributed by atoms with E-state index in [2.05, 4.69) is 5.32 Å². The summed E-state index contributed by atoms with van der Waals surface area (Å²) in [5.41, 5.74) is 6.03. The summed E-state index contributed by atoms with van der Waals surface area (Å²) in [6.45, 7) is 1.22. The smallest absolute Gasteiger partial charge is 0.272 e. The number of benzene rings is 2. The summed E-state index contributed by atoms with van der Waals surface area (Å²) in [7, 11) is 1.43. The minimum atomic E-state index is -0.650. The van der Waals surface area contributed by atoms with Crippen molar-refractivity contribution in [2.45, 2.75) is 6.92 Å². The Balaban J connectivity index is 2.20. The number of amides is 2. The Kier molecular flexibility index (Phi) is 5.74. The highest BCUT2D eigenvalue weighted by Gasteiger charge is 2.15. The number of nitro groups is 1. The molecule has 0 fully saturated rings. The maximum atomic E-state index is 12.4. The van der Waals surface area contributed by atoms with Gasteiger partial charge in [-0.1, -0.05) is 0 Å². The second-order valence-corrected chi connectivity index (χ2v) is 5.33. The molecular formula is C17H17N3O6. The van der Waals surface area contributed by atoms with Gasteiger partial charge in [0.1, 0.15) is 0 Å². The van der Waals surface area contributed by atoms with Crippen molar-refractivity contribution in [3.63, 3.8) is 0 Å². The van der Waals surface area contributed by atoms with Crippen LogP contribution in [0, 0.1) is 17.0 Å². The van der Waals surface area contributed by atoms with Gasteiger partial charge in [0, 0.05) is 28.9 Å². The van der Waals surface area contributed by atoms with E-state index in [4.69, 9.17) is 15.2 Å². The van der Waals surface area contributed by atoms with Crippen LogP contribution in [0.4, 0.5) is 11.4 Å². The maximum absolute atomic E-state index is 12.4. The summed E-state index contributed by atoms with van der Waals surface area (Å²) in [5, 5.41) is 13.5. The zero-order chi connectivity index (χ0) is 19.3. The highest BCUT2D eigenvalue weighted by molar-refractivity contribution is 6.04. The van der Waals surface area contributed by atoms with Crippen LogP contribution in [0.1, 0.15) is 15.9 Å². The van der Waals surface area contributed by atoms with Gasteiger partial charge in [-0.15, -0.1) is 0 Å².